The fraction of sp³-hybridized carbons (Fsp3) is 1.00. The molecule has 0 aromatic carbocycles. The second-order valence-electron chi connectivity index (χ2n) is 10.5. The monoisotopic (exact) mass is 551 g/mol. The van der Waals surface area contributed by atoms with Crippen LogP contribution in [0.15, 0.2) is 0 Å². The van der Waals surface area contributed by atoms with Crippen LogP contribution in [0.2, 0.25) is 6.04 Å². The van der Waals surface area contributed by atoms with Crippen molar-refractivity contribution >= 4 is 21.2 Å². The van der Waals surface area contributed by atoms with Crippen LogP contribution in [-0.4, -0.2) is 52.7 Å². The molecule has 0 N–H and O–H groups in total. The molecule has 0 saturated heterocycles. The maximum atomic E-state index is 6.02. The Morgan fingerprint density at radius 2 is 0.833 bits per heavy atom. The SMILES string of the molecule is CCCCCCCCCCCCCCCCCCN(CCC[Si](OCC)(OCC)OCC)C(C)C.Cl. The van der Waals surface area contributed by atoms with Crippen molar-refractivity contribution in [2.24, 2.45) is 0 Å². The van der Waals surface area contributed by atoms with Gasteiger partial charge < -0.3 is 18.2 Å². The van der Waals surface area contributed by atoms with E-state index in [2.05, 4.69) is 25.7 Å². The second-order valence-corrected chi connectivity index (χ2v) is 13.3. The average Bonchev–Trinajstić information content (AvgIpc) is 2.83. The normalized spacial score (nSPS) is 12.0. The van der Waals surface area contributed by atoms with Crippen molar-refractivity contribution in [2.75, 3.05) is 32.9 Å². The molecule has 0 saturated carbocycles. The van der Waals surface area contributed by atoms with Gasteiger partial charge in [-0.3, -0.25) is 0 Å². The lowest BCUT2D eigenvalue weighted by atomic mass is 10.0. The highest BCUT2D eigenvalue weighted by Gasteiger charge is 2.39. The fourth-order valence-corrected chi connectivity index (χ4v) is 7.58. The summed E-state index contributed by atoms with van der Waals surface area (Å²) in [4.78, 5) is 2.63. The Hall–Kier alpha value is 0.347. The summed E-state index contributed by atoms with van der Waals surface area (Å²) in [5.41, 5.74) is 0. The Morgan fingerprint density at radius 1 is 0.500 bits per heavy atom. The molecular weight excluding hydrogens is 486 g/mol. The van der Waals surface area contributed by atoms with Gasteiger partial charge in [-0.1, -0.05) is 103 Å². The summed E-state index contributed by atoms with van der Waals surface area (Å²) < 4.78 is 18.1. The van der Waals surface area contributed by atoms with E-state index in [1.54, 1.807) is 0 Å². The van der Waals surface area contributed by atoms with Gasteiger partial charge in [-0.05, 0) is 60.5 Å². The van der Waals surface area contributed by atoms with Crippen LogP contribution in [0.1, 0.15) is 151 Å². The molecule has 0 heterocycles. The summed E-state index contributed by atoms with van der Waals surface area (Å²) in [5, 5.41) is 0. The molecular formula is C30H66ClNO3Si. The summed E-state index contributed by atoms with van der Waals surface area (Å²) in [6.07, 6.45) is 23.9. The van der Waals surface area contributed by atoms with Crippen LogP contribution in [0.5, 0.6) is 0 Å². The number of nitrogens with zero attached hydrogens (tertiary/aromatic N) is 1. The number of halogens is 1. The molecule has 36 heavy (non-hydrogen) atoms. The van der Waals surface area contributed by atoms with Gasteiger partial charge in [0.1, 0.15) is 0 Å². The quantitative estimate of drug-likeness (QED) is 0.0714. The van der Waals surface area contributed by atoms with Crippen molar-refractivity contribution < 1.29 is 13.3 Å². The minimum atomic E-state index is -2.50. The van der Waals surface area contributed by atoms with Crippen LogP contribution < -0.4 is 0 Å². The molecule has 0 aromatic heterocycles. The number of hydrogen-bond donors (Lipinski definition) is 0. The maximum absolute atomic E-state index is 6.02. The van der Waals surface area contributed by atoms with E-state index in [1.807, 2.05) is 20.8 Å². The number of rotatable bonds is 28. The summed E-state index contributed by atoms with van der Waals surface area (Å²) in [6, 6.07) is 1.51. The van der Waals surface area contributed by atoms with Crippen molar-refractivity contribution in [3.05, 3.63) is 0 Å². The Balaban J connectivity index is 0. The van der Waals surface area contributed by atoms with E-state index >= 15 is 0 Å². The van der Waals surface area contributed by atoms with E-state index < -0.39 is 8.80 Å². The first kappa shape index (κ1) is 38.5. The molecule has 4 nitrogen and oxygen atoms in total. The largest absolute Gasteiger partial charge is 0.500 e. The molecule has 0 aliphatic heterocycles. The predicted octanol–water partition coefficient (Wildman–Crippen LogP) is 9.82. The van der Waals surface area contributed by atoms with Gasteiger partial charge in [0.15, 0.2) is 0 Å². The zero-order valence-corrected chi connectivity index (χ0v) is 27.2. The van der Waals surface area contributed by atoms with Crippen LogP contribution in [0, 0.1) is 0 Å². The molecule has 0 unspecified atom stereocenters. The molecule has 0 aliphatic carbocycles. The fourth-order valence-electron chi connectivity index (χ4n) is 4.99. The Kier molecular flexibility index (Phi) is 30.3. The van der Waals surface area contributed by atoms with Crippen LogP contribution in [0.3, 0.4) is 0 Å². The topological polar surface area (TPSA) is 30.9 Å². The Labute approximate surface area is 234 Å². The summed E-state index contributed by atoms with van der Waals surface area (Å²) in [6.45, 7) is 17.4. The third-order valence-electron chi connectivity index (χ3n) is 7.05. The van der Waals surface area contributed by atoms with E-state index in [4.69, 9.17) is 13.3 Å². The summed E-state index contributed by atoms with van der Waals surface area (Å²) in [7, 11) is -2.50. The highest BCUT2D eigenvalue weighted by atomic mass is 35.5. The van der Waals surface area contributed by atoms with Gasteiger partial charge in [0, 0.05) is 31.9 Å². The third kappa shape index (κ3) is 22.3. The molecule has 0 spiro atoms. The van der Waals surface area contributed by atoms with Crippen molar-refractivity contribution in [3.8, 4) is 0 Å². The van der Waals surface area contributed by atoms with E-state index in [0.717, 1.165) is 19.0 Å². The molecule has 0 atom stereocenters. The van der Waals surface area contributed by atoms with Gasteiger partial charge in [0.05, 0.1) is 0 Å². The van der Waals surface area contributed by atoms with Gasteiger partial charge in [0.2, 0.25) is 0 Å². The maximum Gasteiger partial charge on any atom is 0.500 e. The highest BCUT2D eigenvalue weighted by molar-refractivity contribution is 6.60. The Morgan fingerprint density at radius 3 is 1.17 bits per heavy atom. The van der Waals surface area contributed by atoms with Crippen LogP contribution in [0.25, 0.3) is 0 Å². The highest BCUT2D eigenvalue weighted by Crippen LogP contribution is 2.19. The molecule has 0 aromatic rings. The van der Waals surface area contributed by atoms with Gasteiger partial charge in [-0.2, -0.15) is 0 Å². The molecule has 6 heteroatoms. The summed E-state index contributed by atoms with van der Waals surface area (Å²) in [5.74, 6) is 0. The van der Waals surface area contributed by atoms with E-state index in [1.165, 1.54) is 109 Å². The predicted molar refractivity (Wildman–Crippen MR) is 164 cm³/mol. The number of hydrogen-bond acceptors (Lipinski definition) is 4. The van der Waals surface area contributed by atoms with Crippen molar-refractivity contribution in [1.82, 2.24) is 4.90 Å². The molecule has 0 fully saturated rings. The molecule has 0 aliphatic rings. The van der Waals surface area contributed by atoms with Crippen LogP contribution in [0.4, 0.5) is 0 Å². The van der Waals surface area contributed by atoms with E-state index in [9.17, 15) is 0 Å². The smallest absolute Gasteiger partial charge is 0.374 e. The zero-order valence-electron chi connectivity index (χ0n) is 25.4. The first-order valence-corrected chi connectivity index (χ1v) is 17.6. The minimum absolute atomic E-state index is 0. The number of unbranched alkanes of at least 4 members (excludes halogenated alkanes) is 15. The minimum Gasteiger partial charge on any atom is -0.374 e. The van der Waals surface area contributed by atoms with Gasteiger partial charge in [-0.15, -0.1) is 12.4 Å². The second kappa shape index (κ2) is 28.4. The Bertz CT molecular complexity index is 412. The van der Waals surface area contributed by atoms with E-state index in [0.29, 0.717) is 25.9 Å². The lowest BCUT2D eigenvalue weighted by molar-refractivity contribution is 0.0694. The molecule has 0 radical (unpaired) electrons. The first-order valence-electron chi connectivity index (χ1n) is 15.7. The average molecular weight is 552 g/mol. The summed E-state index contributed by atoms with van der Waals surface area (Å²) >= 11 is 0. The van der Waals surface area contributed by atoms with Gasteiger partial charge in [-0.25, -0.2) is 0 Å². The standard InChI is InChI=1S/C30H65NO3Si.ClH/c1-7-11-12-13-14-15-16-17-18-19-20-21-22-23-24-25-27-31(30(5)6)28-26-29-35(32-8-2,33-9-3)34-10-4;/h30H,7-29H2,1-6H3;1H. The molecule has 220 valence electrons. The third-order valence-corrected chi connectivity index (χ3v) is 10.2. The van der Waals surface area contributed by atoms with Crippen LogP contribution >= 0.6 is 12.4 Å². The van der Waals surface area contributed by atoms with Crippen LogP contribution in [-0.2, 0) is 13.3 Å². The molecule has 0 bridgehead atoms. The van der Waals surface area contributed by atoms with Crippen molar-refractivity contribution in [1.29, 1.82) is 0 Å². The lowest BCUT2D eigenvalue weighted by Gasteiger charge is -2.31. The lowest BCUT2D eigenvalue weighted by Crippen LogP contribution is -2.46. The van der Waals surface area contributed by atoms with Crippen molar-refractivity contribution in [3.63, 3.8) is 0 Å². The zero-order chi connectivity index (χ0) is 26.0. The van der Waals surface area contributed by atoms with Gasteiger partial charge in [0.25, 0.3) is 0 Å². The van der Waals surface area contributed by atoms with Crippen molar-refractivity contribution in [2.45, 2.75) is 163 Å². The molecule has 0 rings (SSSR count). The molecule has 0 amide bonds. The van der Waals surface area contributed by atoms with Gasteiger partial charge >= 0.3 is 8.80 Å². The first-order chi connectivity index (χ1) is 17.0. The van der Waals surface area contributed by atoms with E-state index in [-0.39, 0.29) is 12.4 Å².